The van der Waals surface area contributed by atoms with Crippen LogP contribution >= 0.6 is 24.0 Å². The molecular weight excluding hydrogens is 472 g/mol. The number of ether oxygens (including phenoxy) is 2. The summed E-state index contributed by atoms with van der Waals surface area (Å²) in [7, 11) is 0. The molecule has 8 nitrogen and oxygen atoms in total. The number of aromatic nitrogens is 2. The quantitative estimate of drug-likeness (QED) is 0.316. The van der Waals surface area contributed by atoms with Crippen LogP contribution in [0.15, 0.2) is 28.0 Å². The first kappa shape index (κ1) is 24.8. The lowest BCUT2D eigenvalue weighted by Gasteiger charge is -2.18. The van der Waals surface area contributed by atoms with E-state index in [4.69, 9.17) is 21.7 Å². The van der Waals surface area contributed by atoms with Gasteiger partial charge in [0.05, 0.1) is 29.2 Å². The molecule has 2 aromatic heterocycles. The highest BCUT2D eigenvalue weighted by molar-refractivity contribution is 8.26. The van der Waals surface area contributed by atoms with Gasteiger partial charge in [-0.25, -0.2) is 4.98 Å². The Hall–Kier alpha value is -2.27. The Morgan fingerprint density at radius 1 is 1.38 bits per heavy atom. The molecule has 0 saturated carbocycles. The Morgan fingerprint density at radius 2 is 2.21 bits per heavy atom. The molecule has 182 valence electrons. The number of hydrogen-bond acceptors (Lipinski definition) is 8. The van der Waals surface area contributed by atoms with Gasteiger partial charge in [-0.2, -0.15) is 0 Å². The number of carbonyl (C=O) groups excluding carboxylic acids is 1. The molecule has 0 aliphatic carbocycles. The summed E-state index contributed by atoms with van der Waals surface area (Å²) in [5.74, 6) is 0.248. The van der Waals surface area contributed by atoms with Crippen LogP contribution in [-0.4, -0.2) is 63.0 Å². The molecule has 1 N–H and O–H groups in total. The number of rotatable bonds is 9. The Kier molecular flexibility index (Phi) is 8.02. The number of thiocarbonyl (C=S) groups is 1. The number of amides is 1. The van der Waals surface area contributed by atoms with Crippen molar-refractivity contribution in [1.82, 2.24) is 14.3 Å². The van der Waals surface area contributed by atoms with E-state index in [0.29, 0.717) is 52.6 Å². The summed E-state index contributed by atoms with van der Waals surface area (Å²) in [4.78, 5) is 33.3. The maximum atomic E-state index is 13.4. The number of nitrogens with zero attached hydrogens (tertiary/aromatic N) is 3. The number of carbonyl (C=O) groups is 1. The highest BCUT2D eigenvalue weighted by Gasteiger charge is 2.35. The van der Waals surface area contributed by atoms with Gasteiger partial charge in [0, 0.05) is 26.0 Å². The fourth-order valence-electron chi connectivity index (χ4n) is 3.90. The first-order chi connectivity index (χ1) is 16.3. The van der Waals surface area contributed by atoms with Crippen LogP contribution in [-0.2, 0) is 14.3 Å². The number of thioether (sulfide) groups is 1. The fraction of sp³-hybridized carbons (Fsp3) is 0.500. The molecule has 0 bridgehead atoms. The third-order valence-electron chi connectivity index (χ3n) is 5.63. The SMILES string of the molecule is Cc1ccc2nc(NCCCOC(C)C)c(/C=C3\SC(=S)N(C[C@@H]4CCCO4)C3=O)c(=O)n2c1. The van der Waals surface area contributed by atoms with Crippen LogP contribution in [0.2, 0.25) is 0 Å². The molecule has 2 aliphatic heterocycles. The molecule has 4 heterocycles. The summed E-state index contributed by atoms with van der Waals surface area (Å²) in [6.07, 6.45) is 6.21. The number of nitrogens with one attached hydrogen (secondary N) is 1. The minimum atomic E-state index is -0.237. The molecule has 1 atom stereocenters. The predicted octanol–water partition coefficient (Wildman–Crippen LogP) is 3.61. The highest BCUT2D eigenvalue weighted by Crippen LogP contribution is 2.34. The second kappa shape index (κ2) is 11.0. The molecule has 2 aromatic rings. The van der Waals surface area contributed by atoms with E-state index in [2.05, 4.69) is 10.3 Å². The molecule has 2 fully saturated rings. The maximum absolute atomic E-state index is 13.4. The molecule has 2 aliphatic rings. The fourth-order valence-corrected chi connectivity index (χ4v) is 5.16. The van der Waals surface area contributed by atoms with E-state index < -0.39 is 0 Å². The summed E-state index contributed by atoms with van der Waals surface area (Å²) in [5.41, 5.74) is 1.58. The van der Waals surface area contributed by atoms with E-state index in [1.54, 1.807) is 17.2 Å². The zero-order valence-electron chi connectivity index (χ0n) is 19.7. The van der Waals surface area contributed by atoms with Gasteiger partial charge in [0.2, 0.25) is 0 Å². The summed E-state index contributed by atoms with van der Waals surface area (Å²) in [6.45, 7) is 8.25. The lowest BCUT2D eigenvalue weighted by atomic mass is 10.2. The lowest BCUT2D eigenvalue weighted by Crippen LogP contribution is -2.35. The Morgan fingerprint density at radius 3 is 2.94 bits per heavy atom. The van der Waals surface area contributed by atoms with Gasteiger partial charge in [0.15, 0.2) is 0 Å². The van der Waals surface area contributed by atoms with Crippen molar-refractivity contribution >= 4 is 51.7 Å². The summed E-state index contributed by atoms with van der Waals surface area (Å²) >= 11 is 6.68. The monoisotopic (exact) mass is 502 g/mol. The molecule has 34 heavy (non-hydrogen) atoms. The number of fused-ring (bicyclic) bond motifs is 1. The van der Waals surface area contributed by atoms with Crippen LogP contribution in [0.1, 0.15) is 44.2 Å². The Balaban J connectivity index is 1.63. The van der Waals surface area contributed by atoms with Gasteiger partial charge in [0.1, 0.15) is 15.8 Å². The van der Waals surface area contributed by atoms with Gasteiger partial charge in [0.25, 0.3) is 11.5 Å². The molecule has 4 rings (SSSR count). The molecular formula is C24H30N4O4S2. The van der Waals surface area contributed by atoms with Crippen molar-refractivity contribution in [3.05, 3.63) is 44.7 Å². The van der Waals surface area contributed by atoms with Gasteiger partial charge < -0.3 is 14.8 Å². The van der Waals surface area contributed by atoms with Crippen LogP contribution in [0, 0.1) is 6.92 Å². The number of pyridine rings is 1. The highest BCUT2D eigenvalue weighted by atomic mass is 32.2. The van der Waals surface area contributed by atoms with Gasteiger partial charge in [-0.3, -0.25) is 18.9 Å². The van der Waals surface area contributed by atoms with Crippen molar-refractivity contribution in [2.45, 2.75) is 52.2 Å². The minimum Gasteiger partial charge on any atom is -0.379 e. The Bertz CT molecular complexity index is 1170. The van der Waals surface area contributed by atoms with E-state index in [1.807, 2.05) is 32.9 Å². The summed E-state index contributed by atoms with van der Waals surface area (Å²) in [5, 5.41) is 3.27. The summed E-state index contributed by atoms with van der Waals surface area (Å²) in [6, 6.07) is 3.73. The molecule has 0 unspecified atom stereocenters. The summed E-state index contributed by atoms with van der Waals surface area (Å²) < 4.78 is 13.3. The van der Waals surface area contributed by atoms with E-state index in [1.165, 1.54) is 16.2 Å². The van der Waals surface area contributed by atoms with Crippen molar-refractivity contribution in [3.8, 4) is 0 Å². The third kappa shape index (κ3) is 5.68. The van der Waals surface area contributed by atoms with Crippen molar-refractivity contribution < 1.29 is 14.3 Å². The zero-order chi connectivity index (χ0) is 24.2. The van der Waals surface area contributed by atoms with Crippen molar-refractivity contribution in [2.75, 3.05) is 31.6 Å². The van der Waals surface area contributed by atoms with Crippen LogP contribution in [0.4, 0.5) is 5.82 Å². The second-order valence-corrected chi connectivity index (χ2v) is 10.4. The molecule has 2 saturated heterocycles. The normalized spacial score (nSPS) is 19.8. The minimum absolute atomic E-state index is 0.00284. The van der Waals surface area contributed by atoms with Crippen molar-refractivity contribution in [3.63, 3.8) is 0 Å². The first-order valence-electron chi connectivity index (χ1n) is 11.6. The van der Waals surface area contributed by atoms with Gasteiger partial charge in [-0.1, -0.05) is 30.0 Å². The molecule has 0 radical (unpaired) electrons. The van der Waals surface area contributed by atoms with Gasteiger partial charge in [-0.15, -0.1) is 0 Å². The number of hydrogen-bond donors (Lipinski definition) is 1. The average molecular weight is 503 g/mol. The number of anilines is 1. The Labute approximate surface area is 208 Å². The smallest absolute Gasteiger partial charge is 0.267 e. The molecule has 0 spiro atoms. The van der Waals surface area contributed by atoms with E-state index in [9.17, 15) is 9.59 Å². The van der Waals surface area contributed by atoms with Crippen molar-refractivity contribution in [1.29, 1.82) is 0 Å². The zero-order valence-corrected chi connectivity index (χ0v) is 21.3. The van der Waals surface area contributed by atoms with Crippen molar-refractivity contribution in [2.24, 2.45) is 0 Å². The first-order valence-corrected chi connectivity index (χ1v) is 12.8. The third-order valence-corrected chi connectivity index (χ3v) is 7.01. The topological polar surface area (TPSA) is 85.2 Å². The van der Waals surface area contributed by atoms with Gasteiger partial charge >= 0.3 is 0 Å². The van der Waals surface area contributed by atoms with Crippen LogP contribution < -0.4 is 10.9 Å². The van der Waals surface area contributed by atoms with Gasteiger partial charge in [-0.05, 0) is 57.7 Å². The predicted molar refractivity (Wildman–Crippen MR) is 139 cm³/mol. The maximum Gasteiger partial charge on any atom is 0.267 e. The second-order valence-electron chi connectivity index (χ2n) is 8.74. The van der Waals surface area contributed by atoms with E-state index in [-0.39, 0.29) is 23.7 Å². The molecule has 10 heteroatoms. The van der Waals surface area contributed by atoms with Crippen LogP contribution in [0.5, 0.6) is 0 Å². The largest absolute Gasteiger partial charge is 0.379 e. The standard InChI is InChI=1S/C24H30N4O4S2/c1-15(2)31-11-5-9-25-21-18(22(29)27-13-16(3)7-8-20(27)26-21)12-19-23(30)28(24(33)34-19)14-17-6-4-10-32-17/h7-8,12-13,15,17,25H,4-6,9-11,14H2,1-3H3/b19-12-/t17-/m0/s1. The van der Waals surface area contributed by atoms with Crippen LogP contribution in [0.25, 0.3) is 11.7 Å². The molecule has 0 aromatic carbocycles. The number of aryl methyl sites for hydroxylation is 1. The average Bonchev–Trinajstić information content (AvgIpc) is 3.40. The van der Waals surface area contributed by atoms with E-state index in [0.717, 1.165) is 24.8 Å². The van der Waals surface area contributed by atoms with Crippen LogP contribution in [0.3, 0.4) is 0 Å². The molecule has 1 amide bonds. The lowest BCUT2D eigenvalue weighted by molar-refractivity contribution is -0.123. The van der Waals surface area contributed by atoms with E-state index >= 15 is 0 Å².